The number of anilines is 1. The number of imidazole rings is 1. The van der Waals surface area contributed by atoms with Gasteiger partial charge in [0.15, 0.2) is 0 Å². The zero-order chi connectivity index (χ0) is 16.7. The number of nitrogens with one attached hydrogen (secondary N) is 2. The molecule has 0 spiro atoms. The van der Waals surface area contributed by atoms with Crippen LogP contribution in [0.25, 0.3) is 11.0 Å². The molecule has 0 radical (unpaired) electrons. The number of alkyl halides is 1. The number of methoxy groups -OCH3 is 1. The highest BCUT2D eigenvalue weighted by Crippen LogP contribution is 2.17. The first kappa shape index (κ1) is 17.0. The smallest absolute Gasteiger partial charge is 0.413 e. The van der Waals surface area contributed by atoms with E-state index >= 15 is 0 Å². The van der Waals surface area contributed by atoms with Crippen molar-refractivity contribution in [2.45, 2.75) is 0 Å². The number of hydrogen-bond acceptors (Lipinski definition) is 6. The number of ether oxygens (including phenoxy) is 3. The highest BCUT2D eigenvalue weighted by Gasteiger charge is 2.11. The van der Waals surface area contributed by atoms with E-state index in [0.29, 0.717) is 29.1 Å². The van der Waals surface area contributed by atoms with Gasteiger partial charge in [-0.1, -0.05) is 0 Å². The molecule has 1 amide bonds. The lowest BCUT2D eigenvalue weighted by Crippen LogP contribution is -2.11. The van der Waals surface area contributed by atoms with E-state index in [4.69, 9.17) is 21.1 Å². The fourth-order valence-corrected chi connectivity index (χ4v) is 1.89. The Balaban J connectivity index is 1.98. The fraction of sp³-hybridized carbons (Fsp3) is 0.357. The highest BCUT2D eigenvalue weighted by atomic mass is 35.5. The standard InChI is InChI=1S/C14H16ClN3O5/c1-21-14(20)18-13-16-10-3-2-9(8-11(10)17-13)12(19)23-7-6-22-5-4-15/h2-3,8H,4-7H2,1H3,(H2,16,17,18,20). The number of H-pyrrole nitrogens is 1. The third-order valence-corrected chi connectivity index (χ3v) is 2.96. The molecule has 0 unspecified atom stereocenters. The molecular weight excluding hydrogens is 326 g/mol. The quantitative estimate of drug-likeness (QED) is 0.454. The number of carbonyl (C=O) groups is 2. The van der Waals surface area contributed by atoms with Crippen molar-refractivity contribution in [3.8, 4) is 0 Å². The number of halogens is 1. The number of rotatable bonds is 7. The van der Waals surface area contributed by atoms with Crippen LogP contribution in [0.15, 0.2) is 18.2 Å². The van der Waals surface area contributed by atoms with Crippen LogP contribution in [0, 0.1) is 0 Å². The highest BCUT2D eigenvalue weighted by molar-refractivity contribution is 6.17. The maximum atomic E-state index is 11.9. The molecule has 8 nitrogen and oxygen atoms in total. The zero-order valence-electron chi connectivity index (χ0n) is 12.4. The molecule has 0 saturated heterocycles. The molecule has 0 aliphatic heterocycles. The number of carbonyl (C=O) groups excluding carboxylic acids is 2. The normalized spacial score (nSPS) is 10.5. The van der Waals surface area contributed by atoms with Gasteiger partial charge in [0.25, 0.3) is 0 Å². The summed E-state index contributed by atoms with van der Waals surface area (Å²) in [6.45, 7) is 0.846. The summed E-state index contributed by atoms with van der Waals surface area (Å²) < 4.78 is 14.7. The summed E-state index contributed by atoms with van der Waals surface area (Å²) in [4.78, 5) is 30.1. The summed E-state index contributed by atoms with van der Waals surface area (Å²) in [5, 5.41) is 2.41. The molecule has 23 heavy (non-hydrogen) atoms. The predicted molar refractivity (Wildman–Crippen MR) is 83.9 cm³/mol. The van der Waals surface area contributed by atoms with Gasteiger partial charge in [0.2, 0.25) is 5.95 Å². The lowest BCUT2D eigenvalue weighted by atomic mass is 10.2. The van der Waals surface area contributed by atoms with E-state index in [2.05, 4.69) is 20.0 Å². The van der Waals surface area contributed by atoms with E-state index in [1.54, 1.807) is 18.2 Å². The van der Waals surface area contributed by atoms with Crippen LogP contribution in [0.1, 0.15) is 10.4 Å². The molecule has 0 fully saturated rings. The van der Waals surface area contributed by atoms with Crippen LogP contribution in [-0.4, -0.2) is 54.8 Å². The van der Waals surface area contributed by atoms with Crippen molar-refractivity contribution in [3.05, 3.63) is 23.8 Å². The van der Waals surface area contributed by atoms with Crippen molar-refractivity contribution in [3.63, 3.8) is 0 Å². The first-order chi connectivity index (χ1) is 11.1. The average Bonchev–Trinajstić information content (AvgIpc) is 2.95. The number of nitrogens with zero attached hydrogens (tertiary/aromatic N) is 1. The Morgan fingerprint density at radius 3 is 2.87 bits per heavy atom. The van der Waals surface area contributed by atoms with Gasteiger partial charge in [-0.2, -0.15) is 0 Å². The Morgan fingerprint density at radius 1 is 1.30 bits per heavy atom. The third kappa shape index (κ3) is 4.83. The molecule has 2 rings (SSSR count). The Hall–Kier alpha value is -2.32. The molecule has 2 aromatic rings. The Kier molecular flexibility index (Phi) is 6.19. The number of amides is 1. The van der Waals surface area contributed by atoms with Crippen molar-refractivity contribution in [1.82, 2.24) is 9.97 Å². The van der Waals surface area contributed by atoms with Gasteiger partial charge in [0, 0.05) is 5.88 Å². The van der Waals surface area contributed by atoms with Gasteiger partial charge in [-0.05, 0) is 18.2 Å². The molecule has 2 N–H and O–H groups in total. The minimum absolute atomic E-state index is 0.145. The second kappa shape index (κ2) is 8.35. The maximum Gasteiger partial charge on any atom is 0.413 e. The first-order valence-electron chi connectivity index (χ1n) is 6.79. The summed E-state index contributed by atoms with van der Waals surface area (Å²) in [7, 11) is 1.25. The fourth-order valence-electron chi connectivity index (χ4n) is 1.78. The first-order valence-corrected chi connectivity index (χ1v) is 7.33. The molecule has 0 aliphatic carbocycles. The zero-order valence-corrected chi connectivity index (χ0v) is 13.2. The summed E-state index contributed by atoms with van der Waals surface area (Å²) in [6.07, 6.45) is -0.638. The van der Waals surface area contributed by atoms with E-state index in [1.807, 2.05) is 0 Å². The van der Waals surface area contributed by atoms with Crippen LogP contribution in [0.3, 0.4) is 0 Å². The average molecular weight is 342 g/mol. The summed E-state index contributed by atoms with van der Waals surface area (Å²) in [5.74, 6) is 0.150. The molecule has 0 saturated carbocycles. The summed E-state index contributed by atoms with van der Waals surface area (Å²) >= 11 is 5.46. The number of fused-ring (bicyclic) bond motifs is 1. The van der Waals surface area contributed by atoms with Crippen molar-refractivity contribution in [2.75, 3.05) is 38.1 Å². The van der Waals surface area contributed by atoms with E-state index in [1.165, 1.54) is 7.11 Å². The molecule has 9 heteroatoms. The van der Waals surface area contributed by atoms with Crippen LogP contribution < -0.4 is 5.32 Å². The van der Waals surface area contributed by atoms with Crippen LogP contribution >= 0.6 is 11.6 Å². The Bertz CT molecular complexity index is 688. The van der Waals surface area contributed by atoms with Gasteiger partial charge in [-0.25, -0.2) is 14.6 Å². The van der Waals surface area contributed by atoms with Gasteiger partial charge < -0.3 is 19.2 Å². The second-order valence-corrected chi connectivity index (χ2v) is 4.75. The van der Waals surface area contributed by atoms with Gasteiger partial charge in [-0.15, -0.1) is 11.6 Å². The van der Waals surface area contributed by atoms with Crippen LogP contribution in [-0.2, 0) is 14.2 Å². The molecule has 0 bridgehead atoms. The van der Waals surface area contributed by atoms with Gasteiger partial charge in [0.05, 0.1) is 36.9 Å². The van der Waals surface area contributed by atoms with Crippen LogP contribution in [0.5, 0.6) is 0 Å². The second-order valence-electron chi connectivity index (χ2n) is 4.37. The van der Waals surface area contributed by atoms with E-state index < -0.39 is 12.1 Å². The third-order valence-electron chi connectivity index (χ3n) is 2.81. The van der Waals surface area contributed by atoms with E-state index in [0.717, 1.165) is 0 Å². The number of aromatic nitrogens is 2. The number of hydrogen-bond donors (Lipinski definition) is 2. The molecule has 0 atom stereocenters. The largest absolute Gasteiger partial charge is 0.460 e. The SMILES string of the molecule is COC(=O)Nc1nc2ccc(C(=O)OCCOCCCl)cc2[nH]1. The van der Waals surface area contributed by atoms with Crippen LogP contribution in [0.4, 0.5) is 10.7 Å². The Labute approximate surface area is 137 Å². The number of esters is 1. The van der Waals surface area contributed by atoms with Crippen LogP contribution in [0.2, 0.25) is 0 Å². The Morgan fingerprint density at radius 2 is 2.13 bits per heavy atom. The van der Waals surface area contributed by atoms with Gasteiger partial charge in [-0.3, -0.25) is 5.32 Å². The summed E-state index contributed by atoms with van der Waals surface area (Å²) in [6, 6.07) is 4.83. The van der Waals surface area contributed by atoms with E-state index in [9.17, 15) is 9.59 Å². The maximum absolute atomic E-state index is 11.9. The number of aromatic amines is 1. The molecule has 0 aliphatic rings. The molecule has 1 aromatic carbocycles. The minimum Gasteiger partial charge on any atom is -0.460 e. The van der Waals surface area contributed by atoms with Gasteiger partial charge >= 0.3 is 12.1 Å². The minimum atomic E-state index is -0.638. The predicted octanol–water partition coefficient (Wildman–Crippen LogP) is 2.15. The van der Waals surface area contributed by atoms with E-state index in [-0.39, 0.29) is 19.2 Å². The van der Waals surface area contributed by atoms with Crippen molar-refractivity contribution in [2.24, 2.45) is 0 Å². The van der Waals surface area contributed by atoms with Crippen molar-refractivity contribution in [1.29, 1.82) is 0 Å². The molecule has 1 aromatic heterocycles. The summed E-state index contributed by atoms with van der Waals surface area (Å²) in [5.41, 5.74) is 1.55. The lowest BCUT2D eigenvalue weighted by Gasteiger charge is -2.05. The van der Waals surface area contributed by atoms with Gasteiger partial charge in [0.1, 0.15) is 6.61 Å². The topological polar surface area (TPSA) is 103 Å². The molecule has 124 valence electrons. The van der Waals surface area contributed by atoms with Crippen molar-refractivity contribution < 1.29 is 23.8 Å². The molecular formula is C14H16ClN3O5. The van der Waals surface area contributed by atoms with Crippen molar-refractivity contribution >= 4 is 40.6 Å². The number of benzene rings is 1. The monoisotopic (exact) mass is 341 g/mol. The molecule has 1 heterocycles. The lowest BCUT2D eigenvalue weighted by molar-refractivity contribution is 0.0338.